The Morgan fingerprint density at radius 3 is 0.729 bits per heavy atom. The van der Waals surface area contributed by atoms with Crippen molar-refractivity contribution in [1.82, 2.24) is 21.3 Å². The molecule has 13 unspecified atom stereocenters. The predicted octanol–water partition coefficient (Wildman–Crippen LogP) is 2.14. The lowest BCUT2D eigenvalue weighted by Crippen LogP contribution is -2.49. The summed E-state index contributed by atoms with van der Waals surface area (Å²) in [6.07, 6.45) is -12.1. The zero-order chi connectivity index (χ0) is 98.7. The van der Waals surface area contributed by atoms with Crippen molar-refractivity contribution in [1.29, 1.82) is 0 Å². The molecule has 0 saturated carbocycles. The molecule has 0 aliphatic rings. The maximum Gasteiger partial charge on any atom is 0.253 e. The zero-order valence-electron chi connectivity index (χ0n) is 69.5. The Labute approximate surface area is 905 Å². The number of carbonyl (C=O) groups is 12. The first-order chi connectivity index (χ1) is 60.4. The van der Waals surface area contributed by atoms with Crippen molar-refractivity contribution in [3.8, 4) is 0 Å². The summed E-state index contributed by atoms with van der Waals surface area (Å²) < 4.78 is 1.76. The van der Waals surface area contributed by atoms with Gasteiger partial charge in [-0.15, -0.1) is 0 Å². The molecule has 0 aromatic heterocycles. The number of nitrogens with one attached hydrogen (secondary N) is 4. The first-order valence-electron chi connectivity index (χ1n) is 38.8. The number of ketones is 4. The third kappa shape index (κ3) is 32.7. The van der Waals surface area contributed by atoms with Crippen LogP contribution in [-0.2, 0) is 19.2 Å². The number of nitrogens with zero attached hydrogens (tertiary/aromatic N) is 4. The molecule has 0 saturated heterocycles. The Balaban J connectivity index is 0.000000667. The summed E-state index contributed by atoms with van der Waals surface area (Å²) in [6, 6.07) is -5.14. The van der Waals surface area contributed by atoms with Gasteiger partial charge in [-0.25, -0.2) is 0 Å². The Hall–Kier alpha value is -0.680. The molecule has 23 N–H and O–H groups in total. The van der Waals surface area contributed by atoms with Crippen molar-refractivity contribution in [2.45, 2.75) is 165 Å². The number of halogens is 12. The molecule has 0 bridgehead atoms. The van der Waals surface area contributed by atoms with E-state index in [-0.39, 0.29) is 158 Å². The van der Waals surface area contributed by atoms with Crippen LogP contribution in [0.15, 0.2) is 0 Å². The highest BCUT2D eigenvalue weighted by atomic mass is 127. The summed E-state index contributed by atoms with van der Waals surface area (Å²) >= 11 is 21.6. The van der Waals surface area contributed by atoms with Gasteiger partial charge in [-0.05, 0) is 303 Å². The fourth-order valence-electron chi connectivity index (χ4n) is 12.1. The largest absolute Gasteiger partial charge is 0.396 e. The second kappa shape index (κ2) is 59.2. The molecular formula is C78H100I12N8O31. The van der Waals surface area contributed by atoms with Crippen LogP contribution >= 0.6 is 271 Å². The van der Waals surface area contributed by atoms with Gasteiger partial charge in [0.1, 0.15) is 6.42 Å². The summed E-state index contributed by atoms with van der Waals surface area (Å²) in [7, 11) is 2.48. The summed E-state index contributed by atoms with van der Waals surface area (Å²) in [4.78, 5) is 171. The van der Waals surface area contributed by atoms with Gasteiger partial charge < -0.3 is 138 Å². The van der Waals surface area contributed by atoms with Crippen molar-refractivity contribution in [3.63, 3.8) is 0 Å². The fraction of sp³-hybridized carbons (Fsp3) is 0.538. The molecule has 8 amide bonds. The highest BCUT2D eigenvalue weighted by Gasteiger charge is 2.41. The van der Waals surface area contributed by atoms with E-state index in [2.05, 4.69) is 21.3 Å². The minimum Gasteiger partial charge on any atom is -0.396 e. The number of aliphatic hydroxyl groups excluding tert-OH is 19. The molecule has 129 heavy (non-hydrogen) atoms. The predicted molar refractivity (Wildman–Crippen MR) is 571 cm³/mol. The first kappa shape index (κ1) is 122. The smallest absolute Gasteiger partial charge is 0.253 e. The molecule has 722 valence electrons. The van der Waals surface area contributed by atoms with E-state index in [1.54, 1.807) is 149 Å². The quantitative estimate of drug-likeness (QED) is 0.0171. The number of aliphatic hydroxyl groups is 19. The van der Waals surface area contributed by atoms with Gasteiger partial charge in [0.05, 0.1) is 211 Å². The maximum absolute atomic E-state index is 14.3. The molecule has 0 aliphatic heterocycles. The van der Waals surface area contributed by atoms with Gasteiger partial charge >= 0.3 is 0 Å². The average molecular weight is 3170 g/mol. The Morgan fingerprint density at radius 2 is 0.519 bits per heavy atom. The zero-order valence-corrected chi connectivity index (χ0v) is 95.4. The van der Waals surface area contributed by atoms with E-state index in [1.807, 2.05) is 136 Å². The lowest BCUT2D eigenvalue weighted by Gasteiger charge is -2.32. The molecule has 0 spiro atoms. The van der Waals surface area contributed by atoms with E-state index in [4.69, 9.17) is 0 Å². The molecule has 39 nitrogen and oxygen atoms in total. The van der Waals surface area contributed by atoms with E-state index in [0.717, 1.165) is 9.80 Å². The van der Waals surface area contributed by atoms with Gasteiger partial charge in [-0.2, -0.15) is 0 Å². The number of rotatable bonds is 50. The Morgan fingerprint density at radius 1 is 0.295 bits per heavy atom. The molecule has 4 aromatic carbocycles. The summed E-state index contributed by atoms with van der Waals surface area (Å²) in [5.74, 6) is -9.32. The number of carbonyl (C=O) groups excluding carboxylic acids is 12. The van der Waals surface area contributed by atoms with Gasteiger partial charge in [-0.3, -0.25) is 57.5 Å². The Bertz CT molecular complexity index is 4190. The summed E-state index contributed by atoms with van der Waals surface area (Å²) in [5, 5.41) is 198. The highest BCUT2D eigenvalue weighted by molar-refractivity contribution is 14.1. The van der Waals surface area contributed by atoms with E-state index in [1.165, 1.54) is 37.7 Å². The standard InChI is InChI=1S/C40H50I6N2O14.C38H50I6N6O17/c1-4-20(54)5-9-25(59)29-33(41)30(26(60)10-6-21(55)15-49)36(44)39(35(29)43)47(18(2)52)13-24(58)14-48(19(3)53)40-37(45)31(27(61)11-7-22(56)16-50)34(42)32(38(40)46)28(62)12-8-23(57)17-51;1-13(5-51)14(6-52)45-35(64)23-27(39)24(36(65)46-15(7-53)18(59)10-56)30(42)33(29(23)41)49(2)21(62)4-22(63)50(3)34-31(43)25(37(66)47-16(8-54)19(60)11-57)28(40)26(32(34)44)38(67)48-17(9-55)20(61)12-58/h20-24,49-51,54-58H,4-17H2,1-3H3;13-20,51-61H,4-12H2,1-3H3,(H,45,64)(H,46,65)(H,47,66)(H,48,67). The summed E-state index contributed by atoms with van der Waals surface area (Å²) in [6.45, 7) is -2.93. The second-order valence-corrected chi connectivity index (χ2v) is 42.0. The molecule has 0 aliphatic carbocycles. The van der Waals surface area contributed by atoms with Crippen LogP contribution in [0.4, 0.5) is 22.7 Å². The number of anilines is 4. The van der Waals surface area contributed by atoms with Gasteiger partial charge in [0.25, 0.3) is 23.6 Å². The monoisotopic (exact) mass is 3170 g/mol. The van der Waals surface area contributed by atoms with Crippen LogP contribution in [-0.4, -0.2) is 340 Å². The summed E-state index contributed by atoms with van der Waals surface area (Å²) in [5.41, 5.74) is -0.501. The number of hydrogen-bond acceptors (Lipinski definition) is 31. The van der Waals surface area contributed by atoms with E-state index in [9.17, 15) is 155 Å². The topological polar surface area (TPSA) is 650 Å². The average Bonchev–Trinajstić information content (AvgIpc) is 0.765. The molecule has 0 heterocycles. The maximum atomic E-state index is 14.3. The second-order valence-electron chi connectivity index (χ2n) is 29.0. The third-order valence-corrected chi connectivity index (χ3v) is 32.6. The fourth-order valence-corrected chi connectivity index (χ4v) is 31.7. The first-order valence-corrected chi connectivity index (χ1v) is 51.8. The van der Waals surface area contributed by atoms with E-state index in [0.29, 0.717) is 9.99 Å². The normalized spacial score (nSPS) is 14.5. The van der Waals surface area contributed by atoms with Crippen LogP contribution in [0.5, 0.6) is 0 Å². The minimum atomic E-state index is -1.62. The third-order valence-electron chi connectivity index (χ3n) is 19.9. The lowest BCUT2D eigenvalue weighted by molar-refractivity contribution is -0.126. The molecule has 0 fully saturated rings. The molecule has 13 atom stereocenters. The Kier molecular flexibility index (Phi) is 56.2. The van der Waals surface area contributed by atoms with Crippen LogP contribution in [0, 0.1) is 48.8 Å². The minimum absolute atomic E-state index is 0.0265. The van der Waals surface area contributed by atoms with E-state index >= 15 is 0 Å². The SMILES string of the molecule is CC(CO)C(CO)NC(=O)c1c(I)c(C(=O)NC(CO)C(O)CO)c(I)c(N(C)C(=O)CC(=O)N(C)c2c(I)c(C(=O)NC(CO)C(O)CO)c(I)c(C(=O)NC(CO)C(O)CO)c2I)c1I.CCC(O)CCC(=O)c1c(I)c(C(=O)CCC(O)CO)c(I)c(N(CC(O)CN(C(C)=O)c2c(I)c(C(=O)CCC(O)CO)c(I)c(C(=O)CCC(O)CO)c2I)C(C)=O)c1I. The van der Waals surface area contributed by atoms with Crippen molar-refractivity contribution in [2.24, 2.45) is 5.92 Å². The van der Waals surface area contributed by atoms with Gasteiger partial charge in [0.2, 0.25) is 23.6 Å². The van der Waals surface area contributed by atoms with E-state index < -0.39 is 241 Å². The highest BCUT2D eigenvalue weighted by Crippen LogP contribution is 2.45. The number of benzene rings is 4. The van der Waals surface area contributed by atoms with Gasteiger partial charge in [0, 0.05) is 117 Å². The molecule has 0 radical (unpaired) electrons. The van der Waals surface area contributed by atoms with Crippen LogP contribution in [0.1, 0.15) is 175 Å². The van der Waals surface area contributed by atoms with Crippen molar-refractivity contribution >= 4 is 364 Å². The lowest BCUT2D eigenvalue weighted by atomic mass is 9.96. The van der Waals surface area contributed by atoms with Crippen molar-refractivity contribution < 1.29 is 155 Å². The van der Waals surface area contributed by atoms with Crippen LogP contribution in [0.25, 0.3) is 0 Å². The molecular weight excluding hydrogens is 3070 g/mol. The molecule has 4 rings (SSSR count). The van der Waals surface area contributed by atoms with Gasteiger partial charge in [0.15, 0.2) is 23.1 Å². The number of Topliss-reactive ketones (excluding diaryl/α,β-unsaturated/α-hetero) is 4. The van der Waals surface area contributed by atoms with Crippen LogP contribution in [0.3, 0.4) is 0 Å². The number of hydrogen-bond donors (Lipinski definition) is 23. The van der Waals surface area contributed by atoms with Crippen LogP contribution in [0.2, 0.25) is 0 Å². The number of amides is 8. The van der Waals surface area contributed by atoms with Gasteiger partial charge in [-0.1, -0.05) is 13.8 Å². The molecule has 51 heteroatoms. The van der Waals surface area contributed by atoms with Crippen LogP contribution < -0.4 is 40.9 Å². The molecule has 4 aromatic rings. The van der Waals surface area contributed by atoms with Crippen molar-refractivity contribution in [3.05, 3.63) is 87.3 Å². The van der Waals surface area contributed by atoms with Crippen molar-refractivity contribution in [2.75, 3.05) is 119 Å².